The molecule has 0 N–H and O–H groups in total. The summed E-state index contributed by atoms with van der Waals surface area (Å²) in [6, 6.07) is 0. The van der Waals surface area contributed by atoms with Crippen LogP contribution in [0.4, 0.5) is 0 Å². The summed E-state index contributed by atoms with van der Waals surface area (Å²) in [4.78, 5) is 47.8. The predicted molar refractivity (Wildman–Crippen MR) is 98.9 cm³/mol. The molecule has 0 aliphatic heterocycles. The predicted octanol–water partition coefficient (Wildman–Crippen LogP) is 2.34. The molecule has 0 bridgehead atoms. The molecule has 0 aromatic heterocycles. The van der Waals surface area contributed by atoms with E-state index in [4.69, 9.17) is 18.9 Å². The van der Waals surface area contributed by atoms with Crippen molar-refractivity contribution in [3.63, 3.8) is 0 Å². The number of rotatable bonds is 4. The Balaban J connectivity index is 3.24. The number of hydrogen-bond donors (Lipinski definition) is 0. The highest BCUT2D eigenvalue weighted by molar-refractivity contribution is 5.76. The molecule has 0 fully saturated rings. The summed E-state index contributed by atoms with van der Waals surface area (Å²) >= 11 is 0. The molecule has 0 aromatic rings. The van der Waals surface area contributed by atoms with Crippen LogP contribution in [0.1, 0.15) is 55.4 Å². The molecule has 0 aromatic carbocycles. The van der Waals surface area contributed by atoms with Crippen LogP contribution >= 0.6 is 0 Å². The Labute approximate surface area is 165 Å². The molecule has 0 heterocycles. The number of esters is 4. The van der Waals surface area contributed by atoms with Gasteiger partial charge in [-0.25, -0.2) is 0 Å². The van der Waals surface area contributed by atoms with E-state index in [0.717, 1.165) is 0 Å². The van der Waals surface area contributed by atoms with Gasteiger partial charge in [-0.1, -0.05) is 0 Å². The second-order valence-electron chi connectivity index (χ2n) is 8.77. The molecule has 8 nitrogen and oxygen atoms in total. The molecule has 0 radical (unpaired) electrons. The van der Waals surface area contributed by atoms with Crippen molar-refractivity contribution in [3.8, 4) is 0 Å². The molecule has 0 saturated heterocycles. The zero-order valence-electron chi connectivity index (χ0n) is 17.7. The van der Waals surface area contributed by atoms with Crippen LogP contribution in [0.3, 0.4) is 0 Å². The van der Waals surface area contributed by atoms with Gasteiger partial charge in [0, 0.05) is 13.8 Å². The van der Waals surface area contributed by atoms with Gasteiger partial charge in [-0.2, -0.15) is 0 Å². The fraction of sp³-hybridized carbons (Fsp3) is 0.700. The number of carbonyl (C=O) groups excluding carboxylic acids is 4. The van der Waals surface area contributed by atoms with E-state index in [9.17, 15) is 19.2 Å². The first-order valence-electron chi connectivity index (χ1n) is 9.08. The van der Waals surface area contributed by atoms with Gasteiger partial charge in [0.25, 0.3) is 0 Å². The lowest BCUT2D eigenvalue weighted by atomic mass is 9.93. The van der Waals surface area contributed by atoms with E-state index in [2.05, 4.69) is 0 Å². The van der Waals surface area contributed by atoms with Gasteiger partial charge in [0.15, 0.2) is 24.4 Å². The topological polar surface area (TPSA) is 105 Å². The first kappa shape index (κ1) is 23.7. The molecule has 158 valence electrons. The van der Waals surface area contributed by atoms with E-state index in [1.165, 1.54) is 26.0 Å². The van der Waals surface area contributed by atoms with Crippen molar-refractivity contribution in [2.24, 2.45) is 10.8 Å². The maximum atomic E-state index is 12.3. The first-order valence-corrected chi connectivity index (χ1v) is 9.08. The maximum absolute atomic E-state index is 12.3. The second kappa shape index (κ2) is 8.75. The zero-order valence-corrected chi connectivity index (χ0v) is 17.7. The summed E-state index contributed by atoms with van der Waals surface area (Å²) in [6.07, 6.45) is -1.37. The fourth-order valence-corrected chi connectivity index (χ4v) is 2.28. The van der Waals surface area contributed by atoms with Crippen molar-refractivity contribution < 1.29 is 38.1 Å². The Hall–Kier alpha value is -2.38. The van der Waals surface area contributed by atoms with Crippen LogP contribution in [0.5, 0.6) is 0 Å². The Bertz CT molecular complexity index is 594. The van der Waals surface area contributed by atoms with Gasteiger partial charge in [0.1, 0.15) is 0 Å². The number of hydrogen-bond acceptors (Lipinski definition) is 8. The Morgan fingerprint density at radius 3 is 1.11 bits per heavy atom. The zero-order chi connectivity index (χ0) is 21.9. The smallest absolute Gasteiger partial charge is 0.311 e. The van der Waals surface area contributed by atoms with E-state index in [0.29, 0.717) is 0 Å². The third-order valence-electron chi connectivity index (χ3n) is 3.78. The summed E-state index contributed by atoms with van der Waals surface area (Å²) in [7, 11) is 0. The van der Waals surface area contributed by atoms with Crippen molar-refractivity contribution in [1.29, 1.82) is 0 Å². The van der Waals surface area contributed by atoms with Gasteiger partial charge in [-0.05, 0) is 53.7 Å². The van der Waals surface area contributed by atoms with Crippen LogP contribution in [-0.2, 0) is 38.1 Å². The molecule has 1 aliphatic carbocycles. The number of carbonyl (C=O) groups is 4. The molecule has 0 amide bonds. The lowest BCUT2D eigenvalue weighted by Crippen LogP contribution is -2.54. The standard InChI is InChI=1S/C20H30O8/c1-11(21)25-15-13(27-17(23)19(3,4)5)9-10-14(16(15)26-12(2)22)28-18(24)20(6,7)8/h9-10,13-16H,1-8H3/t13-,14-,15+,16+/m1/s1. The Kier molecular flexibility index (Phi) is 7.39. The molecular formula is C20H30O8. The van der Waals surface area contributed by atoms with Crippen LogP contribution in [0.15, 0.2) is 12.2 Å². The highest BCUT2D eigenvalue weighted by Crippen LogP contribution is 2.29. The Morgan fingerprint density at radius 1 is 0.607 bits per heavy atom. The van der Waals surface area contributed by atoms with Crippen LogP contribution in [0.2, 0.25) is 0 Å². The van der Waals surface area contributed by atoms with E-state index >= 15 is 0 Å². The number of ether oxygens (including phenoxy) is 4. The Morgan fingerprint density at radius 2 is 0.893 bits per heavy atom. The first-order chi connectivity index (χ1) is 12.6. The highest BCUT2D eigenvalue weighted by Gasteiger charge is 2.46. The van der Waals surface area contributed by atoms with Crippen molar-refractivity contribution in [3.05, 3.63) is 12.2 Å². The molecule has 8 heteroatoms. The van der Waals surface area contributed by atoms with Gasteiger partial charge in [-0.15, -0.1) is 0 Å². The summed E-state index contributed by atoms with van der Waals surface area (Å²) in [5.74, 6) is -2.36. The van der Waals surface area contributed by atoms with Crippen LogP contribution < -0.4 is 0 Å². The summed E-state index contributed by atoms with van der Waals surface area (Å²) in [5, 5.41) is 0. The minimum atomic E-state index is -1.16. The van der Waals surface area contributed by atoms with Crippen molar-refractivity contribution in [1.82, 2.24) is 0 Å². The van der Waals surface area contributed by atoms with Gasteiger partial charge in [0.2, 0.25) is 0 Å². The van der Waals surface area contributed by atoms with Gasteiger partial charge >= 0.3 is 23.9 Å². The summed E-state index contributed by atoms with van der Waals surface area (Å²) in [5.41, 5.74) is -1.58. The highest BCUT2D eigenvalue weighted by atomic mass is 16.6. The van der Waals surface area contributed by atoms with E-state index in [-0.39, 0.29) is 0 Å². The van der Waals surface area contributed by atoms with Crippen molar-refractivity contribution >= 4 is 23.9 Å². The van der Waals surface area contributed by atoms with Crippen molar-refractivity contribution in [2.75, 3.05) is 0 Å². The largest absolute Gasteiger partial charge is 0.454 e. The molecule has 0 spiro atoms. The van der Waals surface area contributed by atoms with Gasteiger partial charge in [0.05, 0.1) is 10.8 Å². The maximum Gasteiger partial charge on any atom is 0.311 e. The molecule has 0 unspecified atom stereocenters. The van der Waals surface area contributed by atoms with Crippen LogP contribution in [-0.4, -0.2) is 48.3 Å². The minimum absolute atomic E-state index is 0.522. The molecule has 0 saturated carbocycles. The summed E-state index contributed by atoms with van der Waals surface area (Å²) < 4.78 is 21.5. The SMILES string of the molecule is CC(=O)O[C@@H]1[C@@H](OC(C)=O)[C@H](OC(=O)C(C)(C)C)C=C[C@H]1OC(=O)C(C)(C)C. The fourth-order valence-electron chi connectivity index (χ4n) is 2.28. The van der Waals surface area contributed by atoms with Gasteiger partial charge in [-0.3, -0.25) is 19.2 Å². The van der Waals surface area contributed by atoms with E-state index < -0.39 is 59.1 Å². The molecule has 28 heavy (non-hydrogen) atoms. The molecule has 4 atom stereocenters. The van der Waals surface area contributed by atoms with Crippen molar-refractivity contribution in [2.45, 2.75) is 79.8 Å². The molecular weight excluding hydrogens is 368 g/mol. The minimum Gasteiger partial charge on any atom is -0.454 e. The van der Waals surface area contributed by atoms with Crippen LogP contribution in [0.25, 0.3) is 0 Å². The normalized spacial score (nSPS) is 24.9. The molecule has 1 aliphatic rings. The lowest BCUT2D eigenvalue weighted by Gasteiger charge is -2.38. The second-order valence-corrected chi connectivity index (χ2v) is 8.77. The third kappa shape index (κ3) is 6.65. The average molecular weight is 398 g/mol. The average Bonchev–Trinajstić information content (AvgIpc) is 2.49. The monoisotopic (exact) mass is 398 g/mol. The van der Waals surface area contributed by atoms with E-state index in [1.54, 1.807) is 41.5 Å². The lowest BCUT2D eigenvalue weighted by molar-refractivity contribution is -0.198. The van der Waals surface area contributed by atoms with E-state index in [1.807, 2.05) is 0 Å². The quantitative estimate of drug-likeness (QED) is 0.404. The summed E-state index contributed by atoms with van der Waals surface area (Å²) in [6.45, 7) is 12.4. The van der Waals surface area contributed by atoms with Crippen LogP contribution in [0, 0.1) is 10.8 Å². The third-order valence-corrected chi connectivity index (χ3v) is 3.78. The molecule has 1 rings (SSSR count). The van der Waals surface area contributed by atoms with Gasteiger partial charge < -0.3 is 18.9 Å².